The third-order valence-electron chi connectivity index (χ3n) is 11.1. The molecule has 4 rings (SSSR count). The van der Waals surface area contributed by atoms with Crippen molar-refractivity contribution in [1.82, 2.24) is 0 Å². The van der Waals surface area contributed by atoms with Gasteiger partial charge < -0.3 is 4.74 Å². The second-order valence-corrected chi connectivity index (χ2v) is 14.9. The molecule has 8 atom stereocenters. The summed E-state index contributed by atoms with van der Waals surface area (Å²) in [4.78, 5) is 12.4. The summed E-state index contributed by atoms with van der Waals surface area (Å²) < 4.78 is 5.74. The Kier molecular flexibility index (Phi) is 9.22. The average Bonchev–Trinajstić information content (AvgIpc) is 3.16. The zero-order valence-corrected chi connectivity index (χ0v) is 25.3. The van der Waals surface area contributed by atoms with Gasteiger partial charge in [0.1, 0.15) is 10.6 Å². The molecule has 0 saturated heterocycles. The van der Waals surface area contributed by atoms with E-state index < -0.39 is 0 Å². The molecule has 36 heavy (non-hydrogen) atoms. The summed E-state index contributed by atoms with van der Waals surface area (Å²) in [5.74, 6) is 4.69. The van der Waals surface area contributed by atoms with E-state index in [2.05, 4.69) is 40.7 Å². The molecule has 0 bridgehead atoms. The van der Waals surface area contributed by atoms with Crippen LogP contribution in [0, 0.1) is 46.3 Å². The zero-order valence-electron chi connectivity index (χ0n) is 23.1. The first-order chi connectivity index (χ1) is 17.0. The number of halogens is 3. The molecule has 204 valence electrons. The minimum atomic E-state index is -0.338. The van der Waals surface area contributed by atoms with Crippen LogP contribution in [0.4, 0.5) is 0 Å². The predicted molar refractivity (Wildman–Crippen MR) is 152 cm³/mol. The van der Waals surface area contributed by atoms with E-state index in [0.717, 1.165) is 54.8 Å². The van der Waals surface area contributed by atoms with Crippen LogP contribution in [-0.4, -0.2) is 12.1 Å². The van der Waals surface area contributed by atoms with E-state index in [1.165, 1.54) is 56.9 Å². The van der Waals surface area contributed by atoms with E-state index in [1.807, 2.05) is 0 Å². The first-order valence-electron chi connectivity index (χ1n) is 14.5. The first kappa shape index (κ1) is 28.8. The van der Waals surface area contributed by atoms with Crippen LogP contribution in [0.5, 0.6) is 0 Å². The van der Waals surface area contributed by atoms with Gasteiger partial charge in [0, 0.05) is 6.42 Å². The van der Waals surface area contributed by atoms with Crippen LogP contribution in [0.25, 0.3) is 0 Å². The van der Waals surface area contributed by atoms with Gasteiger partial charge >= 0.3 is 5.97 Å². The summed E-state index contributed by atoms with van der Waals surface area (Å²) >= 11 is 17.4. The Morgan fingerprint density at radius 2 is 1.78 bits per heavy atom. The number of ether oxygens (including phenoxy) is 1. The SMILES string of the molecule is CC(C)CCCC(C)C1CCC2C3CC=C4CC(OC(=O)CC(Cl)=C(Cl)Cl)CCC4(C)C3CCC12C. The Balaban J connectivity index is 1.41. The Morgan fingerprint density at radius 3 is 2.47 bits per heavy atom. The summed E-state index contributed by atoms with van der Waals surface area (Å²) in [6.45, 7) is 12.4. The van der Waals surface area contributed by atoms with Gasteiger partial charge in [-0.1, -0.05) is 100 Å². The van der Waals surface area contributed by atoms with Gasteiger partial charge in [0.05, 0.1) is 11.5 Å². The van der Waals surface area contributed by atoms with Crippen LogP contribution in [0.1, 0.15) is 112 Å². The third kappa shape index (κ3) is 5.72. The molecule has 0 radical (unpaired) electrons. The molecule has 0 aromatic carbocycles. The van der Waals surface area contributed by atoms with Gasteiger partial charge in [-0.05, 0) is 91.3 Å². The quantitative estimate of drug-likeness (QED) is 0.219. The molecule has 0 aromatic heterocycles. The smallest absolute Gasteiger partial charge is 0.311 e. The Hall–Kier alpha value is -0.180. The summed E-state index contributed by atoms with van der Waals surface area (Å²) in [6, 6.07) is 0. The summed E-state index contributed by atoms with van der Waals surface area (Å²) in [6.07, 6.45) is 16.3. The lowest BCUT2D eigenvalue weighted by atomic mass is 9.47. The van der Waals surface area contributed by atoms with Crippen LogP contribution in [-0.2, 0) is 9.53 Å². The van der Waals surface area contributed by atoms with Crippen molar-refractivity contribution >= 4 is 40.8 Å². The molecule has 4 aliphatic carbocycles. The van der Waals surface area contributed by atoms with Crippen molar-refractivity contribution in [2.45, 2.75) is 118 Å². The topological polar surface area (TPSA) is 26.3 Å². The standard InChI is InChI=1S/C31H47Cl3O2/c1-19(2)7-6-8-20(3)24-11-12-25-23-10-9-21-17-22(36-28(35)18-27(32)29(33)34)13-15-30(21,4)26(23)14-16-31(24,25)5/h9,19-20,22-26H,6-8,10-18H2,1-5H3. The highest BCUT2D eigenvalue weighted by atomic mass is 35.5. The number of hydrogen-bond acceptors (Lipinski definition) is 2. The number of carbonyl (C=O) groups excluding carboxylic acids is 1. The highest BCUT2D eigenvalue weighted by molar-refractivity contribution is 6.59. The summed E-state index contributed by atoms with van der Waals surface area (Å²) in [7, 11) is 0. The van der Waals surface area contributed by atoms with Gasteiger partial charge in [0.2, 0.25) is 0 Å². The molecule has 5 heteroatoms. The van der Waals surface area contributed by atoms with Crippen molar-refractivity contribution in [3.8, 4) is 0 Å². The van der Waals surface area contributed by atoms with Crippen molar-refractivity contribution in [3.63, 3.8) is 0 Å². The Labute approximate surface area is 234 Å². The van der Waals surface area contributed by atoms with Crippen molar-refractivity contribution in [2.75, 3.05) is 0 Å². The van der Waals surface area contributed by atoms with E-state index in [0.29, 0.717) is 5.41 Å². The van der Waals surface area contributed by atoms with Crippen LogP contribution in [0.2, 0.25) is 0 Å². The number of allylic oxidation sites excluding steroid dienone is 1. The number of fused-ring (bicyclic) bond motifs is 5. The van der Waals surface area contributed by atoms with E-state index >= 15 is 0 Å². The zero-order chi connectivity index (χ0) is 26.3. The minimum absolute atomic E-state index is 0.0568. The fourth-order valence-corrected chi connectivity index (χ4v) is 9.42. The monoisotopic (exact) mass is 556 g/mol. The molecule has 2 nitrogen and oxygen atoms in total. The van der Waals surface area contributed by atoms with E-state index in [1.54, 1.807) is 0 Å². The van der Waals surface area contributed by atoms with Crippen molar-refractivity contribution < 1.29 is 9.53 Å². The van der Waals surface area contributed by atoms with Crippen LogP contribution >= 0.6 is 34.8 Å². The van der Waals surface area contributed by atoms with Gasteiger partial charge in [-0.2, -0.15) is 0 Å². The fourth-order valence-electron chi connectivity index (χ4n) is 9.17. The molecular weight excluding hydrogens is 511 g/mol. The molecule has 0 N–H and O–H groups in total. The molecule has 0 aliphatic heterocycles. The average molecular weight is 558 g/mol. The molecule has 4 aliphatic rings. The Bertz CT molecular complexity index is 875. The van der Waals surface area contributed by atoms with Gasteiger partial charge in [0.15, 0.2) is 0 Å². The maximum absolute atomic E-state index is 12.4. The number of rotatable bonds is 8. The lowest BCUT2D eigenvalue weighted by molar-refractivity contribution is -0.150. The van der Waals surface area contributed by atoms with E-state index in [-0.39, 0.29) is 33.4 Å². The van der Waals surface area contributed by atoms with E-state index in [4.69, 9.17) is 39.5 Å². The van der Waals surface area contributed by atoms with E-state index in [9.17, 15) is 4.79 Å². The highest BCUT2D eigenvalue weighted by Crippen LogP contribution is 2.67. The van der Waals surface area contributed by atoms with Gasteiger partial charge in [-0.3, -0.25) is 4.79 Å². The predicted octanol–water partition coefficient (Wildman–Crippen LogP) is 10.2. The van der Waals surface area contributed by atoms with Crippen LogP contribution in [0.15, 0.2) is 21.2 Å². The lowest BCUT2D eigenvalue weighted by Crippen LogP contribution is -2.51. The van der Waals surface area contributed by atoms with Crippen molar-refractivity contribution in [3.05, 3.63) is 21.2 Å². The second-order valence-electron chi connectivity index (χ2n) is 13.5. The highest BCUT2D eigenvalue weighted by Gasteiger charge is 2.59. The third-order valence-corrected chi connectivity index (χ3v) is 12.0. The van der Waals surface area contributed by atoms with Crippen molar-refractivity contribution in [1.29, 1.82) is 0 Å². The van der Waals surface area contributed by atoms with Gasteiger partial charge in [0.25, 0.3) is 0 Å². The van der Waals surface area contributed by atoms with Crippen LogP contribution < -0.4 is 0 Å². The van der Waals surface area contributed by atoms with Gasteiger partial charge in [-0.15, -0.1) is 0 Å². The number of carbonyl (C=O) groups is 1. The van der Waals surface area contributed by atoms with Crippen LogP contribution in [0.3, 0.4) is 0 Å². The molecule has 3 saturated carbocycles. The minimum Gasteiger partial charge on any atom is -0.462 e. The summed E-state index contributed by atoms with van der Waals surface area (Å²) in [5.41, 5.74) is 2.30. The lowest BCUT2D eigenvalue weighted by Gasteiger charge is -2.58. The Morgan fingerprint density at radius 1 is 1.03 bits per heavy atom. The normalized spacial score (nSPS) is 38.5. The second kappa shape index (κ2) is 11.5. The van der Waals surface area contributed by atoms with Gasteiger partial charge in [-0.25, -0.2) is 0 Å². The largest absolute Gasteiger partial charge is 0.462 e. The molecule has 0 heterocycles. The van der Waals surface area contributed by atoms with Crippen molar-refractivity contribution in [2.24, 2.45) is 46.3 Å². The molecule has 0 amide bonds. The molecule has 3 fully saturated rings. The molecular formula is C31H47Cl3O2. The maximum atomic E-state index is 12.4. The number of esters is 1. The maximum Gasteiger partial charge on any atom is 0.311 e. The first-order valence-corrected chi connectivity index (χ1v) is 15.7. The number of hydrogen-bond donors (Lipinski definition) is 0. The molecule has 8 unspecified atom stereocenters. The molecule has 0 spiro atoms. The fraction of sp³-hybridized carbons (Fsp3) is 0.839. The summed E-state index contributed by atoms with van der Waals surface area (Å²) in [5, 5.41) is 0.151. The molecule has 0 aromatic rings.